The number of thiophene rings is 1. The number of carbonyl (C=O) groups is 4. The Hall–Kier alpha value is -3.69. The van der Waals surface area contributed by atoms with Gasteiger partial charge in [-0.05, 0) is 50.1 Å². The van der Waals surface area contributed by atoms with E-state index < -0.39 is 34.0 Å². The van der Waals surface area contributed by atoms with Gasteiger partial charge in [0.1, 0.15) is 5.00 Å². The SMILES string of the molecule is CCOC(=O)N1CCN(S(=O)(=O)c2ccc(C(=O)Nc3sc4c(c3C(N)=O)CCN(C(=O)OCC)C4)cc2)CC1. The standard InChI is InChI=1S/C25H31N5O8S2/c1-3-37-24(33)28-11-13-30(14-12-28)40(35,36)17-7-5-16(6-8-17)22(32)27-23-20(21(26)31)18-9-10-29(15-19(18)39-23)25(34)38-4-2/h5-8H,3-4,9-15H2,1-2H3,(H2,26,31)(H,27,32). The zero-order chi connectivity index (χ0) is 29.0. The van der Waals surface area contributed by atoms with E-state index in [1.165, 1.54) is 38.4 Å². The minimum absolute atomic E-state index is 0.0112. The average molecular weight is 594 g/mol. The van der Waals surface area contributed by atoms with Crippen LogP contribution in [0.4, 0.5) is 14.6 Å². The topological polar surface area (TPSA) is 169 Å². The number of ether oxygens (including phenoxy) is 2. The quantitative estimate of drug-likeness (QED) is 0.492. The molecule has 2 aliphatic heterocycles. The van der Waals surface area contributed by atoms with Gasteiger partial charge in [-0.1, -0.05) is 0 Å². The number of piperazine rings is 1. The fourth-order valence-corrected chi connectivity index (χ4v) is 7.24. The summed E-state index contributed by atoms with van der Waals surface area (Å²) < 4.78 is 37.5. The number of hydrogen-bond donors (Lipinski definition) is 2. The summed E-state index contributed by atoms with van der Waals surface area (Å²) in [5.74, 6) is -1.24. The number of benzene rings is 1. The van der Waals surface area contributed by atoms with Gasteiger partial charge in [-0.2, -0.15) is 4.31 Å². The largest absolute Gasteiger partial charge is 0.450 e. The fourth-order valence-electron chi connectivity index (χ4n) is 4.55. The maximum absolute atomic E-state index is 13.1. The molecule has 1 saturated heterocycles. The van der Waals surface area contributed by atoms with Crippen LogP contribution >= 0.6 is 11.3 Å². The lowest BCUT2D eigenvalue weighted by molar-refractivity contribution is 0.0932. The van der Waals surface area contributed by atoms with E-state index in [2.05, 4.69) is 5.32 Å². The summed E-state index contributed by atoms with van der Waals surface area (Å²) in [5, 5.41) is 2.98. The van der Waals surface area contributed by atoms with Gasteiger partial charge in [0.05, 0.1) is 30.2 Å². The number of rotatable bonds is 7. The zero-order valence-electron chi connectivity index (χ0n) is 22.2. The molecule has 0 saturated carbocycles. The Morgan fingerprint density at radius 2 is 1.52 bits per heavy atom. The maximum Gasteiger partial charge on any atom is 0.410 e. The highest BCUT2D eigenvalue weighted by molar-refractivity contribution is 7.89. The Kier molecular flexibility index (Phi) is 8.95. The summed E-state index contributed by atoms with van der Waals surface area (Å²) in [4.78, 5) is 53.0. The minimum Gasteiger partial charge on any atom is -0.450 e. The molecule has 4 rings (SSSR count). The predicted molar refractivity (Wildman–Crippen MR) is 146 cm³/mol. The van der Waals surface area contributed by atoms with E-state index in [4.69, 9.17) is 15.2 Å². The Labute approximate surface area is 235 Å². The van der Waals surface area contributed by atoms with Crippen molar-refractivity contribution >= 4 is 50.4 Å². The molecule has 0 spiro atoms. The summed E-state index contributed by atoms with van der Waals surface area (Å²) in [6, 6.07) is 5.45. The molecule has 4 amide bonds. The average Bonchev–Trinajstić information content (AvgIpc) is 3.30. The van der Waals surface area contributed by atoms with Crippen molar-refractivity contribution in [1.29, 1.82) is 0 Å². The van der Waals surface area contributed by atoms with Gasteiger partial charge in [0.15, 0.2) is 0 Å². The van der Waals surface area contributed by atoms with Crippen LogP contribution in [0.2, 0.25) is 0 Å². The van der Waals surface area contributed by atoms with Crippen molar-refractivity contribution in [2.45, 2.75) is 31.7 Å². The number of carbonyl (C=O) groups excluding carboxylic acids is 4. The van der Waals surface area contributed by atoms with Crippen LogP contribution < -0.4 is 11.1 Å². The van der Waals surface area contributed by atoms with Gasteiger partial charge in [-0.25, -0.2) is 18.0 Å². The van der Waals surface area contributed by atoms with Crippen molar-refractivity contribution in [3.63, 3.8) is 0 Å². The second kappa shape index (κ2) is 12.2. The highest BCUT2D eigenvalue weighted by Crippen LogP contribution is 2.37. The predicted octanol–water partition coefficient (Wildman–Crippen LogP) is 2.08. The van der Waals surface area contributed by atoms with Crippen LogP contribution in [0.3, 0.4) is 0 Å². The number of sulfonamides is 1. The number of amides is 4. The molecular formula is C25H31N5O8S2. The molecule has 1 fully saturated rings. The summed E-state index contributed by atoms with van der Waals surface area (Å²) in [6.45, 7) is 5.15. The number of primary amides is 1. The number of nitrogens with one attached hydrogen (secondary N) is 1. The Balaban J connectivity index is 1.45. The first-order valence-corrected chi connectivity index (χ1v) is 15.0. The molecular weight excluding hydrogens is 562 g/mol. The lowest BCUT2D eigenvalue weighted by Crippen LogP contribution is -2.50. The van der Waals surface area contributed by atoms with E-state index in [9.17, 15) is 27.6 Å². The molecule has 1 aromatic heterocycles. The van der Waals surface area contributed by atoms with E-state index >= 15 is 0 Å². The van der Waals surface area contributed by atoms with Gasteiger partial charge in [-0.15, -0.1) is 11.3 Å². The Bertz CT molecular complexity index is 1400. The molecule has 15 heteroatoms. The third-order valence-electron chi connectivity index (χ3n) is 6.58. The fraction of sp³-hybridized carbons (Fsp3) is 0.440. The van der Waals surface area contributed by atoms with Gasteiger partial charge >= 0.3 is 12.2 Å². The van der Waals surface area contributed by atoms with E-state index in [0.29, 0.717) is 18.5 Å². The van der Waals surface area contributed by atoms with Crippen LogP contribution in [-0.2, 0) is 32.5 Å². The smallest absolute Gasteiger partial charge is 0.410 e. The summed E-state index contributed by atoms with van der Waals surface area (Å²) >= 11 is 1.16. The first-order chi connectivity index (χ1) is 19.1. The summed E-state index contributed by atoms with van der Waals surface area (Å²) in [6.07, 6.45) is -0.541. The molecule has 40 heavy (non-hydrogen) atoms. The third kappa shape index (κ3) is 6.05. The molecule has 0 bridgehead atoms. The zero-order valence-corrected chi connectivity index (χ0v) is 23.8. The van der Waals surface area contributed by atoms with Crippen LogP contribution in [0.15, 0.2) is 29.2 Å². The number of hydrogen-bond acceptors (Lipinski definition) is 9. The first kappa shape index (κ1) is 29.3. The van der Waals surface area contributed by atoms with Gasteiger partial charge < -0.3 is 30.3 Å². The van der Waals surface area contributed by atoms with Crippen LogP contribution in [0.1, 0.15) is 45.0 Å². The number of anilines is 1. The molecule has 2 aliphatic rings. The molecule has 0 aliphatic carbocycles. The number of fused-ring (bicyclic) bond motifs is 1. The van der Waals surface area contributed by atoms with Gasteiger partial charge in [0, 0.05) is 43.2 Å². The van der Waals surface area contributed by atoms with Crippen molar-refractivity contribution in [1.82, 2.24) is 14.1 Å². The lowest BCUT2D eigenvalue weighted by atomic mass is 10.0. The van der Waals surface area contributed by atoms with Crippen LogP contribution in [0.5, 0.6) is 0 Å². The van der Waals surface area contributed by atoms with Crippen molar-refractivity contribution < 1.29 is 37.1 Å². The lowest BCUT2D eigenvalue weighted by Gasteiger charge is -2.33. The van der Waals surface area contributed by atoms with E-state index in [-0.39, 0.29) is 67.0 Å². The van der Waals surface area contributed by atoms with Crippen molar-refractivity contribution in [3.8, 4) is 0 Å². The second-order valence-corrected chi connectivity index (χ2v) is 12.1. The number of nitrogens with zero attached hydrogens (tertiary/aromatic N) is 3. The highest BCUT2D eigenvalue weighted by Gasteiger charge is 2.32. The van der Waals surface area contributed by atoms with Gasteiger partial charge in [0.25, 0.3) is 11.8 Å². The van der Waals surface area contributed by atoms with Crippen LogP contribution in [0.25, 0.3) is 0 Å². The number of nitrogens with two attached hydrogens (primary N) is 1. The molecule has 0 atom stereocenters. The molecule has 2 aromatic rings. The van der Waals surface area contributed by atoms with E-state index in [1.54, 1.807) is 13.8 Å². The Morgan fingerprint density at radius 1 is 0.925 bits per heavy atom. The van der Waals surface area contributed by atoms with Crippen LogP contribution in [-0.4, -0.2) is 92.5 Å². The maximum atomic E-state index is 13.1. The normalized spacial score (nSPS) is 15.8. The molecule has 0 radical (unpaired) electrons. The highest BCUT2D eigenvalue weighted by atomic mass is 32.2. The first-order valence-electron chi connectivity index (χ1n) is 12.8. The van der Waals surface area contributed by atoms with Crippen LogP contribution in [0, 0.1) is 0 Å². The van der Waals surface area contributed by atoms with Crippen molar-refractivity contribution in [2.24, 2.45) is 5.73 Å². The molecule has 3 N–H and O–H groups in total. The Morgan fingerprint density at radius 3 is 2.10 bits per heavy atom. The molecule has 3 heterocycles. The monoisotopic (exact) mass is 593 g/mol. The molecule has 1 aromatic carbocycles. The second-order valence-electron chi connectivity index (χ2n) is 9.01. The van der Waals surface area contributed by atoms with Gasteiger partial charge in [-0.3, -0.25) is 9.59 Å². The molecule has 216 valence electrons. The molecule has 0 unspecified atom stereocenters. The minimum atomic E-state index is -3.84. The van der Waals surface area contributed by atoms with E-state index in [1.807, 2.05) is 0 Å². The summed E-state index contributed by atoms with van der Waals surface area (Å²) in [5.41, 5.74) is 6.71. The van der Waals surface area contributed by atoms with Crippen molar-refractivity contribution in [2.75, 3.05) is 51.3 Å². The van der Waals surface area contributed by atoms with Crippen molar-refractivity contribution in [3.05, 3.63) is 45.8 Å². The summed E-state index contributed by atoms with van der Waals surface area (Å²) in [7, 11) is -3.84. The molecule has 13 nitrogen and oxygen atoms in total. The third-order valence-corrected chi connectivity index (χ3v) is 9.62. The van der Waals surface area contributed by atoms with Gasteiger partial charge in [0.2, 0.25) is 10.0 Å². The van der Waals surface area contributed by atoms with E-state index in [0.717, 1.165) is 16.2 Å².